The second kappa shape index (κ2) is 6.50. The van der Waals surface area contributed by atoms with Gasteiger partial charge < -0.3 is 10.1 Å². The van der Waals surface area contributed by atoms with E-state index in [1.807, 2.05) is 0 Å². The van der Waals surface area contributed by atoms with E-state index in [-0.39, 0.29) is 0 Å². The first-order valence-electron chi connectivity index (χ1n) is 6.33. The molecule has 1 aromatic rings. The van der Waals surface area contributed by atoms with Crippen LogP contribution in [0.5, 0.6) is 0 Å². The molecule has 1 aromatic heterocycles. The molecule has 4 heteroatoms. The highest BCUT2D eigenvalue weighted by molar-refractivity contribution is 7.07. The molecule has 1 fully saturated rings. The summed E-state index contributed by atoms with van der Waals surface area (Å²) < 4.78 is 5.78. The van der Waals surface area contributed by atoms with Crippen LogP contribution in [0, 0.1) is 0 Å². The van der Waals surface area contributed by atoms with Gasteiger partial charge in [-0.25, -0.2) is 0 Å². The minimum absolute atomic E-state index is 0.338. The van der Waals surface area contributed by atoms with E-state index in [4.69, 9.17) is 4.74 Å². The van der Waals surface area contributed by atoms with Crippen LogP contribution >= 0.6 is 11.3 Å². The zero-order chi connectivity index (χ0) is 12.1. The molecule has 0 aliphatic carbocycles. The number of nitrogens with one attached hydrogen (secondary N) is 1. The van der Waals surface area contributed by atoms with Crippen LogP contribution in [0.3, 0.4) is 0 Å². The van der Waals surface area contributed by atoms with Crippen LogP contribution in [0.4, 0.5) is 0 Å². The van der Waals surface area contributed by atoms with Crippen LogP contribution in [0.15, 0.2) is 16.8 Å². The van der Waals surface area contributed by atoms with Crippen molar-refractivity contribution in [2.24, 2.45) is 0 Å². The molecule has 0 bridgehead atoms. The van der Waals surface area contributed by atoms with Gasteiger partial charge in [-0.3, -0.25) is 4.90 Å². The molecule has 0 spiro atoms. The van der Waals surface area contributed by atoms with Crippen LogP contribution in [-0.4, -0.2) is 43.3 Å². The monoisotopic (exact) mass is 254 g/mol. The van der Waals surface area contributed by atoms with Crippen molar-refractivity contribution in [3.8, 4) is 0 Å². The molecule has 0 aromatic carbocycles. The van der Waals surface area contributed by atoms with E-state index in [9.17, 15) is 0 Å². The van der Waals surface area contributed by atoms with Gasteiger partial charge >= 0.3 is 0 Å². The number of hydrogen-bond donors (Lipinski definition) is 1. The first-order valence-corrected chi connectivity index (χ1v) is 7.27. The number of ether oxygens (including phenoxy) is 1. The molecule has 3 nitrogen and oxygen atoms in total. The van der Waals surface area contributed by atoms with Gasteiger partial charge in [-0.05, 0) is 36.2 Å². The molecule has 0 radical (unpaired) electrons. The lowest BCUT2D eigenvalue weighted by molar-refractivity contribution is -0.0372. The molecule has 2 rings (SSSR count). The molecule has 0 amide bonds. The van der Waals surface area contributed by atoms with E-state index in [1.165, 1.54) is 5.56 Å². The lowest BCUT2D eigenvalue weighted by Gasteiger charge is -2.35. The number of rotatable bonds is 5. The summed E-state index contributed by atoms with van der Waals surface area (Å²) in [5.41, 5.74) is 1.37. The number of nitrogens with zero attached hydrogens (tertiary/aromatic N) is 1. The highest BCUT2D eigenvalue weighted by Crippen LogP contribution is 2.09. The van der Waals surface area contributed by atoms with Crippen LogP contribution in [0.25, 0.3) is 0 Å². The highest BCUT2D eigenvalue weighted by Gasteiger charge is 2.21. The molecule has 1 aliphatic heterocycles. The maximum Gasteiger partial charge on any atom is 0.0826 e. The molecule has 17 heavy (non-hydrogen) atoms. The number of hydrogen-bond acceptors (Lipinski definition) is 4. The summed E-state index contributed by atoms with van der Waals surface area (Å²) in [5, 5.41) is 7.78. The smallest absolute Gasteiger partial charge is 0.0826 e. The lowest BCUT2D eigenvalue weighted by atomic mass is 10.2. The zero-order valence-corrected chi connectivity index (χ0v) is 11.5. The van der Waals surface area contributed by atoms with Crippen LogP contribution in [0.2, 0.25) is 0 Å². The topological polar surface area (TPSA) is 24.5 Å². The average Bonchev–Trinajstić information content (AvgIpc) is 2.82. The third-order valence-electron chi connectivity index (χ3n) is 3.18. The third-order valence-corrected chi connectivity index (χ3v) is 3.91. The first kappa shape index (κ1) is 13.0. The molecule has 1 aliphatic rings. The molecule has 1 saturated heterocycles. The summed E-state index contributed by atoms with van der Waals surface area (Å²) in [7, 11) is 0. The lowest BCUT2D eigenvalue weighted by Crippen LogP contribution is -2.48. The summed E-state index contributed by atoms with van der Waals surface area (Å²) >= 11 is 1.75. The normalized spacial score (nSPS) is 22.2. The Hall–Kier alpha value is -0.420. The molecule has 96 valence electrons. The predicted molar refractivity (Wildman–Crippen MR) is 72.5 cm³/mol. The minimum Gasteiger partial charge on any atom is -0.374 e. The van der Waals surface area contributed by atoms with Crippen molar-refractivity contribution in [3.63, 3.8) is 0 Å². The number of thiophene rings is 1. The van der Waals surface area contributed by atoms with Gasteiger partial charge in [0, 0.05) is 32.2 Å². The largest absolute Gasteiger partial charge is 0.374 e. The van der Waals surface area contributed by atoms with Gasteiger partial charge in [-0.15, -0.1) is 0 Å². The second-order valence-electron chi connectivity index (χ2n) is 4.84. The number of morpholine rings is 1. The van der Waals surface area contributed by atoms with Crippen LogP contribution in [-0.2, 0) is 11.3 Å². The predicted octanol–water partition coefficient (Wildman–Crippen LogP) is 1.95. The van der Waals surface area contributed by atoms with Crippen molar-refractivity contribution in [1.82, 2.24) is 10.2 Å². The summed E-state index contributed by atoms with van der Waals surface area (Å²) in [4.78, 5) is 2.49. The molecule has 1 unspecified atom stereocenters. The SMILES string of the molecule is CC(C)N1CCOC(CNCc2ccsc2)C1. The average molecular weight is 254 g/mol. The van der Waals surface area contributed by atoms with E-state index >= 15 is 0 Å². The Morgan fingerprint density at radius 1 is 1.59 bits per heavy atom. The Morgan fingerprint density at radius 3 is 3.18 bits per heavy atom. The van der Waals surface area contributed by atoms with E-state index in [0.717, 1.165) is 32.8 Å². The summed E-state index contributed by atoms with van der Waals surface area (Å²) in [6.45, 7) is 9.38. The minimum atomic E-state index is 0.338. The summed E-state index contributed by atoms with van der Waals surface area (Å²) in [6.07, 6.45) is 0.338. The Morgan fingerprint density at radius 2 is 2.47 bits per heavy atom. The van der Waals surface area contributed by atoms with E-state index in [1.54, 1.807) is 11.3 Å². The van der Waals surface area contributed by atoms with Crippen molar-refractivity contribution in [1.29, 1.82) is 0 Å². The zero-order valence-electron chi connectivity index (χ0n) is 10.7. The Kier molecular flexibility index (Phi) is 4.98. The Balaban J connectivity index is 1.68. The van der Waals surface area contributed by atoms with Gasteiger partial charge in [0.2, 0.25) is 0 Å². The van der Waals surface area contributed by atoms with Crippen LogP contribution in [0.1, 0.15) is 19.4 Å². The van der Waals surface area contributed by atoms with E-state index in [0.29, 0.717) is 12.1 Å². The van der Waals surface area contributed by atoms with Crippen molar-refractivity contribution in [3.05, 3.63) is 22.4 Å². The van der Waals surface area contributed by atoms with Crippen molar-refractivity contribution >= 4 is 11.3 Å². The van der Waals surface area contributed by atoms with Gasteiger partial charge in [0.15, 0.2) is 0 Å². The second-order valence-corrected chi connectivity index (χ2v) is 5.62. The molecular weight excluding hydrogens is 232 g/mol. The van der Waals surface area contributed by atoms with Crippen LogP contribution < -0.4 is 5.32 Å². The molecular formula is C13H22N2OS. The fourth-order valence-electron chi connectivity index (χ4n) is 2.11. The Labute approximate surface area is 108 Å². The maximum atomic E-state index is 5.78. The van der Waals surface area contributed by atoms with Gasteiger partial charge in [-0.2, -0.15) is 11.3 Å². The van der Waals surface area contributed by atoms with Crippen molar-refractivity contribution < 1.29 is 4.74 Å². The molecule has 1 atom stereocenters. The van der Waals surface area contributed by atoms with Gasteiger partial charge in [0.25, 0.3) is 0 Å². The van der Waals surface area contributed by atoms with E-state index < -0.39 is 0 Å². The fourth-order valence-corrected chi connectivity index (χ4v) is 2.77. The van der Waals surface area contributed by atoms with Gasteiger partial charge in [0.05, 0.1) is 12.7 Å². The molecule has 0 saturated carbocycles. The van der Waals surface area contributed by atoms with Gasteiger partial charge in [0.1, 0.15) is 0 Å². The quantitative estimate of drug-likeness (QED) is 0.869. The maximum absolute atomic E-state index is 5.78. The fraction of sp³-hybridized carbons (Fsp3) is 0.692. The van der Waals surface area contributed by atoms with Crippen molar-refractivity contribution in [2.45, 2.75) is 32.5 Å². The van der Waals surface area contributed by atoms with Crippen molar-refractivity contribution in [2.75, 3.05) is 26.2 Å². The Bertz CT molecular complexity index is 313. The van der Waals surface area contributed by atoms with E-state index in [2.05, 4.69) is 40.9 Å². The summed E-state index contributed by atoms with van der Waals surface area (Å²) in [6, 6.07) is 2.79. The van der Waals surface area contributed by atoms with Gasteiger partial charge in [-0.1, -0.05) is 0 Å². The first-order chi connectivity index (χ1) is 8.25. The standard InChI is InChI=1S/C13H22N2OS/c1-11(2)15-4-5-16-13(9-15)8-14-7-12-3-6-17-10-12/h3,6,10-11,13-14H,4-5,7-9H2,1-2H3. The summed E-state index contributed by atoms with van der Waals surface area (Å²) in [5.74, 6) is 0. The third kappa shape index (κ3) is 4.07. The highest BCUT2D eigenvalue weighted by atomic mass is 32.1. The molecule has 2 heterocycles. The molecule has 1 N–H and O–H groups in total.